The minimum atomic E-state index is -1.02. The molecule has 0 bridgehead atoms. The number of anilines is 1. The van der Waals surface area contributed by atoms with Gasteiger partial charge in [0.25, 0.3) is 0 Å². The van der Waals surface area contributed by atoms with Crippen molar-refractivity contribution in [1.29, 1.82) is 0 Å². The number of rotatable bonds is 5. The maximum absolute atomic E-state index is 11.1. The molecule has 1 fully saturated rings. The minimum absolute atomic E-state index is 0.0127. The Bertz CT molecular complexity index is 1270. The Labute approximate surface area is 188 Å². The number of piperidine rings is 1. The molecule has 8 nitrogen and oxygen atoms in total. The summed E-state index contributed by atoms with van der Waals surface area (Å²) in [5.41, 5.74) is 2.78. The van der Waals surface area contributed by atoms with Crippen LogP contribution in [0.4, 0.5) is 5.82 Å². The lowest BCUT2D eigenvalue weighted by Gasteiger charge is -2.33. The van der Waals surface area contributed by atoms with E-state index in [1.165, 1.54) is 12.3 Å². The van der Waals surface area contributed by atoms with E-state index >= 15 is 0 Å². The summed E-state index contributed by atoms with van der Waals surface area (Å²) in [7, 11) is 0. The van der Waals surface area contributed by atoms with E-state index < -0.39 is 5.97 Å². The first kappa shape index (κ1) is 20.3. The number of carbonyl (C=O) groups is 1. The van der Waals surface area contributed by atoms with E-state index in [0.717, 1.165) is 54.2 Å². The fraction of sp³-hybridized carbons (Fsp3) is 0.217. The van der Waals surface area contributed by atoms with E-state index in [-0.39, 0.29) is 11.7 Å². The molecule has 0 aliphatic carbocycles. The van der Waals surface area contributed by atoms with Gasteiger partial charge in [-0.2, -0.15) is 0 Å². The number of aromatic amines is 1. The van der Waals surface area contributed by atoms with Crippen molar-refractivity contribution in [3.8, 4) is 17.1 Å². The van der Waals surface area contributed by atoms with E-state index in [0.29, 0.717) is 10.8 Å². The third-order valence-electron chi connectivity index (χ3n) is 5.50. The first-order valence-corrected chi connectivity index (χ1v) is 10.6. The van der Waals surface area contributed by atoms with Gasteiger partial charge in [0.1, 0.15) is 23.5 Å². The van der Waals surface area contributed by atoms with Crippen molar-refractivity contribution in [2.45, 2.75) is 18.9 Å². The molecule has 32 heavy (non-hydrogen) atoms. The monoisotopic (exact) mass is 449 g/mol. The van der Waals surface area contributed by atoms with Crippen LogP contribution in [0.5, 0.6) is 5.75 Å². The van der Waals surface area contributed by atoms with Crippen LogP contribution in [-0.4, -0.2) is 50.2 Å². The van der Waals surface area contributed by atoms with Crippen molar-refractivity contribution in [3.63, 3.8) is 0 Å². The summed E-state index contributed by atoms with van der Waals surface area (Å²) in [5, 5.41) is 9.75. The predicted molar refractivity (Wildman–Crippen MR) is 121 cm³/mol. The molecular weight excluding hydrogens is 430 g/mol. The molecule has 0 unspecified atom stereocenters. The lowest BCUT2D eigenvalue weighted by Crippen LogP contribution is -2.38. The first-order valence-electron chi connectivity index (χ1n) is 10.3. The summed E-state index contributed by atoms with van der Waals surface area (Å²) < 4.78 is 5.95. The minimum Gasteiger partial charge on any atom is -0.489 e. The van der Waals surface area contributed by atoms with Crippen LogP contribution in [0.2, 0.25) is 5.02 Å². The number of aromatic carboxylic acids is 1. The number of aromatic nitrogens is 4. The third kappa shape index (κ3) is 4.22. The summed E-state index contributed by atoms with van der Waals surface area (Å²) in [6.07, 6.45) is 6.31. The maximum atomic E-state index is 11.1. The average molecular weight is 450 g/mol. The molecule has 0 saturated carbocycles. The van der Waals surface area contributed by atoms with Gasteiger partial charge in [-0.3, -0.25) is 4.98 Å². The molecule has 0 radical (unpaired) electrons. The highest BCUT2D eigenvalue weighted by molar-refractivity contribution is 6.31. The zero-order valence-electron chi connectivity index (χ0n) is 17.0. The number of nitrogens with one attached hydrogen (secondary N) is 1. The number of hydrogen-bond acceptors (Lipinski definition) is 6. The smallest absolute Gasteiger partial charge is 0.337 e. The Morgan fingerprint density at radius 1 is 1.12 bits per heavy atom. The van der Waals surface area contributed by atoms with Gasteiger partial charge in [-0.1, -0.05) is 11.6 Å². The number of halogens is 1. The Hall–Kier alpha value is -3.65. The highest BCUT2D eigenvalue weighted by Gasteiger charge is 2.22. The van der Waals surface area contributed by atoms with Gasteiger partial charge in [-0.25, -0.2) is 14.8 Å². The number of carboxylic acid groups (broad SMARTS) is 1. The number of H-pyrrole nitrogens is 1. The van der Waals surface area contributed by atoms with Crippen LogP contribution in [0.15, 0.2) is 55.0 Å². The fourth-order valence-corrected chi connectivity index (χ4v) is 3.99. The molecule has 4 aromatic rings. The molecule has 1 aliphatic rings. The van der Waals surface area contributed by atoms with Gasteiger partial charge >= 0.3 is 5.97 Å². The molecule has 1 aliphatic heterocycles. The van der Waals surface area contributed by atoms with Gasteiger partial charge in [-0.05, 0) is 36.4 Å². The molecule has 0 atom stereocenters. The standard InChI is InChI=1S/C23H20ClN5O3/c24-16-2-3-19-20(10-16)28-22(27-19)14-1-4-21(26-12-14)29-7-5-17(6-8-29)32-18-9-15(23(30)31)11-25-13-18/h1-4,9-13,17H,5-8H2,(H,27,28)(H,30,31). The topological polar surface area (TPSA) is 104 Å². The van der Waals surface area contributed by atoms with Gasteiger partial charge in [-0.15, -0.1) is 0 Å². The molecule has 0 amide bonds. The van der Waals surface area contributed by atoms with Gasteiger partial charge < -0.3 is 19.7 Å². The summed E-state index contributed by atoms with van der Waals surface area (Å²) in [5.74, 6) is 1.13. The Balaban J connectivity index is 1.22. The Kier molecular flexibility index (Phi) is 5.36. The van der Waals surface area contributed by atoms with Crippen LogP contribution < -0.4 is 9.64 Å². The van der Waals surface area contributed by atoms with Gasteiger partial charge in [0, 0.05) is 48.9 Å². The molecule has 1 saturated heterocycles. The molecule has 1 aromatic carbocycles. The normalized spacial score (nSPS) is 14.6. The molecule has 0 spiro atoms. The van der Waals surface area contributed by atoms with Crippen molar-refractivity contribution in [3.05, 3.63) is 65.6 Å². The highest BCUT2D eigenvalue weighted by Crippen LogP contribution is 2.26. The second-order valence-corrected chi connectivity index (χ2v) is 8.11. The molecule has 4 heterocycles. The van der Waals surface area contributed by atoms with Crippen molar-refractivity contribution >= 4 is 34.4 Å². The van der Waals surface area contributed by atoms with Crippen molar-refractivity contribution in [2.75, 3.05) is 18.0 Å². The number of ether oxygens (including phenoxy) is 1. The molecular formula is C23H20ClN5O3. The van der Waals surface area contributed by atoms with Crippen LogP contribution in [0.25, 0.3) is 22.4 Å². The predicted octanol–water partition coefficient (Wildman–Crippen LogP) is 4.42. The Morgan fingerprint density at radius 3 is 2.72 bits per heavy atom. The van der Waals surface area contributed by atoms with Crippen LogP contribution in [0, 0.1) is 0 Å². The number of fused-ring (bicyclic) bond motifs is 1. The third-order valence-corrected chi connectivity index (χ3v) is 5.73. The van der Waals surface area contributed by atoms with Crippen LogP contribution >= 0.6 is 11.6 Å². The highest BCUT2D eigenvalue weighted by atomic mass is 35.5. The summed E-state index contributed by atoms with van der Waals surface area (Å²) in [6, 6.07) is 11.1. The number of hydrogen-bond donors (Lipinski definition) is 2. The Morgan fingerprint density at radius 2 is 1.97 bits per heavy atom. The molecule has 2 N–H and O–H groups in total. The van der Waals surface area contributed by atoms with Gasteiger partial charge in [0.15, 0.2) is 0 Å². The van der Waals surface area contributed by atoms with Crippen LogP contribution in [0.1, 0.15) is 23.2 Å². The summed E-state index contributed by atoms with van der Waals surface area (Å²) in [4.78, 5) is 29.8. The van der Waals surface area contributed by atoms with E-state index in [1.54, 1.807) is 6.20 Å². The number of nitrogens with zero attached hydrogens (tertiary/aromatic N) is 4. The lowest BCUT2D eigenvalue weighted by atomic mass is 10.1. The van der Waals surface area contributed by atoms with Crippen molar-refractivity contribution < 1.29 is 14.6 Å². The van der Waals surface area contributed by atoms with Gasteiger partial charge in [0.2, 0.25) is 0 Å². The molecule has 5 rings (SSSR count). The second kappa shape index (κ2) is 8.47. The van der Waals surface area contributed by atoms with E-state index in [4.69, 9.17) is 21.4 Å². The lowest BCUT2D eigenvalue weighted by molar-refractivity contribution is 0.0695. The van der Waals surface area contributed by atoms with E-state index in [1.807, 2.05) is 36.5 Å². The number of pyridine rings is 2. The average Bonchev–Trinajstić information content (AvgIpc) is 3.23. The van der Waals surface area contributed by atoms with Crippen molar-refractivity contribution in [1.82, 2.24) is 19.9 Å². The fourth-order valence-electron chi connectivity index (χ4n) is 3.82. The molecule has 162 valence electrons. The summed E-state index contributed by atoms with van der Waals surface area (Å²) >= 11 is 6.05. The van der Waals surface area contributed by atoms with Gasteiger partial charge in [0.05, 0.1) is 22.8 Å². The summed E-state index contributed by atoms with van der Waals surface area (Å²) in [6.45, 7) is 1.60. The zero-order chi connectivity index (χ0) is 22.1. The largest absolute Gasteiger partial charge is 0.489 e. The number of imidazole rings is 1. The van der Waals surface area contributed by atoms with Crippen LogP contribution in [0.3, 0.4) is 0 Å². The van der Waals surface area contributed by atoms with Crippen molar-refractivity contribution in [2.24, 2.45) is 0 Å². The number of benzene rings is 1. The quantitative estimate of drug-likeness (QED) is 0.464. The first-order chi connectivity index (χ1) is 15.5. The molecule has 3 aromatic heterocycles. The zero-order valence-corrected chi connectivity index (χ0v) is 17.8. The van der Waals surface area contributed by atoms with E-state index in [9.17, 15) is 4.79 Å². The number of carboxylic acids is 1. The molecule has 9 heteroatoms. The second-order valence-electron chi connectivity index (χ2n) is 7.67. The van der Waals surface area contributed by atoms with E-state index in [2.05, 4.69) is 24.8 Å². The maximum Gasteiger partial charge on any atom is 0.337 e. The SMILES string of the molecule is O=C(O)c1cncc(OC2CCN(c3ccc(-c4nc5cc(Cl)ccc5[nH]4)cn3)CC2)c1. The van der Waals surface area contributed by atoms with Crippen LogP contribution in [-0.2, 0) is 0 Å².